The number of carbonyl (C=O) groups is 1. The van der Waals surface area contributed by atoms with E-state index in [1.807, 2.05) is 22.6 Å². The minimum atomic E-state index is -0.549. The maximum absolute atomic E-state index is 13.4. The molecule has 1 amide bonds. The number of halogens is 2. The highest BCUT2D eigenvalue weighted by Gasteiger charge is 2.37. The van der Waals surface area contributed by atoms with E-state index >= 15 is 0 Å². The summed E-state index contributed by atoms with van der Waals surface area (Å²) < 4.78 is 7.74. The van der Waals surface area contributed by atoms with Crippen molar-refractivity contribution in [1.29, 1.82) is 0 Å². The van der Waals surface area contributed by atoms with Gasteiger partial charge in [0.2, 0.25) is 0 Å². The van der Waals surface area contributed by atoms with Crippen LogP contribution in [0.4, 0.5) is 5.82 Å². The summed E-state index contributed by atoms with van der Waals surface area (Å²) in [6.45, 7) is 3.07. The number of rotatable bonds is 2. The van der Waals surface area contributed by atoms with Crippen LogP contribution in [0.1, 0.15) is 43.0 Å². The van der Waals surface area contributed by atoms with E-state index in [2.05, 4.69) is 15.3 Å². The third-order valence-corrected chi connectivity index (χ3v) is 6.76. The van der Waals surface area contributed by atoms with Crippen LogP contribution in [-0.2, 0) is 16.0 Å². The number of benzene rings is 1. The first-order chi connectivity index (χ1) is 14.9. The zero-order valence-corrected chi connectivity index (χ0v) is 18.5. The highest BCUT2D eigenvalue weighted by molar-refractivity contribution is 6.35. The molecule has 1 fully saturated rings. The molecule has 162 valence electrons. The summed E-state index contributed by atoms with van der Waals surface area (Å²) in [6.07, 6.45) is 3.03. The van der Waals surface area contributed by atoms with E-state index in [9.17, 15) is 4.79 Å². The molecule has 0 spiro atoms. The van der Waals surface area contributed by atoms with E-state index < -0.39 is 6.10 Å². The molecule has 3 aromatic rings. The largest absolute Gasteiger partial charge is 0.384 e. The number of pyridine rings is 1. The van der Waals surface area contributed by atoms with Crippen molar-refractivity contribution in [3.8, 4) is 0 Å². The fourth-order valence-corrected chi connectivity index (χ4v) is 5.38. The second-order valence-electron chi connectivity index (χ2n) is 8.09. The minimum absolute atomic E-state index is 0.00993. The molecule has 2 aromatic heterocycles. The van der Waals surface area contributed by atoms with Crippen molar-refractivity contribution in [2.45, 2.75) is 44.4 Å². The third kappa shape index (κ3) is 3.62. The molecule has 0 bridgehead atoms. The van der Waals surface area contributed by atoms with Crippen molar-refractivity contribution in [2.75, 3.05) is 18.9 Å². The van der Waals surface area contributed by atoms with Crippen molar-refractivity contribution in [2.24, 2.45) is 0 Å². The van der Waals surface area contributed by atoms with Gasteiger partial charge in [0.1, 0.15) is 17.4 Å². The monoisotopic (exact) mass is 460 g/mol. The van der Waals surface area contributed by atoms with Crippen LogP contribution >= 0.6 is 23.2 Å². The number of carbonyl (C=O) groups excluding carboxylic acids is 1. The first kappa shape index (κ1) is 20.5. The molecule has 3 atom stereocenters. The van der Waals surface area contributed by atoms with E-state index in [0.717, 1.165) is 23.1 Å². The lowest BCUT2D eigenvalue weighted by Crippen LogP contribution is -2.47. The number of ether oxygens (including phenoxy) is 1. The van der Waals surface area contributed by atoms with Gasteiger partial charge in [-0.15, -0.1) is 5.10 Å². The normalized spacial score (nSPS) is 23.7. The molecule has 0 radical (unpaired) electrons. The number of nitrogen functional groups attached to an aromatic ring is 1. The Balaban J connectivity index is 1.38. The van der Waals surface area contributed by atoms with Gasteiger partial charge in [-0.05, 0) is 43.0 Å². The molecule has 31 heavy (non-hydrogen) atoms. The zero-order chi connectivity index (χ0) is 21.7. The van der Waals surface area contributed by atoms with E-state index in [0.29, 0.717) is 47.4 Å². The van der Waals surface area contributed by atoms with Gasteiger partial charge >= 0.3 is 0 Å². The van der Waals surface area contributed by atoms with Gasteiger partial charge in [0.05, 0.1) is 23.8 Å². The SMILES string of the molecule is C[C@H]1c2c(Cl)cc(Cl)cc2CCN1C(=O)C1CC(n2nnc3cnc(N)cc32)CCO1. The fourth-order valence-electron chi connectivity index (χ4n) is 4.69. The van der Waals surface area contributed by atoms with Crippen molar-refractivity contribution in [3.05, 3.63) is 45.6 Å². The summed E-state index contributed by atoms with van der Waals surface area (Å²) in [5.74, 6) is 0.382. The van der Waals surface area contributed by atoms with Gasteiger partial charge in [-0.1, -0.05) is 28.4 Å². The molecular formula is C21H22Cl2N6O2. The van der Waals surface area contributed by atoms with Gasteiger partial charge in [-0.2, -0.15) is 0 Å². The number of anilines is 1. The van der Waals surface area contributed by atoms with Crippen LogP contribution in [0.25, 0.3) is 11.0 Å². The Hall–Kier alpha value is -2.42. The third-order valence-electron chi connectivity index (χ3n) is 6.23. The second-order valence-corrected chi connectivity index (χ2v) is 8.93. The fraction of sp³-hybridized carbons (Fsp3) is 0.429. The number of fused-ring (bicyclic) bond motifs is 2. The molecule has 2 N–H and O–H groups in total. The molecule has 10 heteroatoms. The average molecular weight is 461 g/mol. The molecule has 1 saturated heterocycles. The Morgan fingerprint density at radius 2 is 2.13 bits per heavy atom. The molecule has 4 heterocycles. The van der Waals surface area contributed by atoms with E-state index in [1.54, 1.807) is 18.3 Å². The summed E-state index contributed by atoms with van der Waals surface area (Å²) in [7, 11) is 0. The Morgan fingerprint density at radius 3 is 2.97 bits per heavy atom. The lowest BCUT2D eigenvalue weighted by Gasteiger charge is -2.39. The number of hydrogen-bond acceptors (Lipinski definition) is 6. The lowest BCUT2D eigenvalue weighted by atomic mass is 9.92. The number of nitrogens with zero attached hydrogens (tertiary/aromatic N) is 5. The maximum Gasteiger partial charge on any atom is 0.252 e. The summed E-state index contributed by atoms with van der Waals surface area (Å²) in [4.78, 5) is 19.4. The van der Waals surface area contributed by atoms with Crippen molar-refractivity contribution >= 4 is 46.0 Å². The molecule has 8 nitrogen and oxygen atoms in total. The maximum atomic E-state index is 13.4. The molecule has 2 aliphatic rings. The number of nitrogens with two attached hydrogens (primary N) is 1. The van der Waals surface area contributed by atoms with Crippen LogP contribution in [-0.4, -0.2) is 50.0 Å². The molecule has 2 unspecified atom stereocenters. The molecular weight excluding hydrogens is 439 g/mol. The summed E-state index contributed by atoms with van der Waals surface area (Å²) in [6, 6.07) is 5.27. The van der Waals surface area contributed by atoms with Crippen LogP contribution < -0.4 is 5.73 Å². The number of aromatic nitrogens is 4. The lowest BCUT2D eigenvalue weighted by molar-refractivity contribution is -0.150. The van der Waals surface area contributed by atoms with Crippen LogP contribution in [0.2, 0.25) is 10.0 Å². The Bertz CT molecular complexity index is 1170. The van der Waals surface area contributed by atoms with Gasteiger partial charge in [0.25, 0.3) is 5.91 Å². The predicted octanol–water partition coefficient (Wildman–Crippen LogP) is 3.58. The quantitative estimate of drug-likeness (QED) is 0.627. The minimum Gasteiger partial charge on any atom is -0.384 e. The highest BCUT2D eigenvalue weighted by Crippen LogP contribution is 2.38. The van der Waals surface area contributed by atoms with Crippen molar-refractivity contribution in [1.82, 2.24) is 24.9 Å². The first-order valence-corrected chi connectivity index (χ1v) is 11.0. The molecule has 0 aliphatic carbocycles. The topological polar surface area (TPSA) is 99.2 Å². The summed E-state index contributed by atoms with van der Waals surface area (Å²) in [5.41, 5.74) is 9.39. The van der Waals surface area contributed by atoms with Crippen LogP contribution in [0.5, 0.6) is 0 Å². The van der Waals surface area contributed by atoms with Gasteiger partial charge in [-0.3, -0.25) is 4.79 Å². The van der Waals surface area contributed by atoms with Gasteiger partial charge < -0.3 is 15.4 Å². The van der Waals surface area contributed by atoms with Crippen molar-refractivity contribution in [3.63, 3.8) is 0 Å². The number of amides is 1. The average Bonchev–Trinajstić information content (AvgIpc) is 3.16. The second kappa shape index (κ2) is 7.93. The summed E-state index contributed by atoms with van der Waals surface area (Å²) >= 11 is 12.6. The number of hydrogen-bond donors (Lipinski definition) is 1. The Morgan fingerprint density at radius 1 is 1.29 bits per heavy atom. The molecule has 2 aliphatic heterocycles. The standard InChI is InChI=1S/C21H22Cl2N6O2/c1-11-20-12(6-13(22)7-15(20)23)2-4-28(11)21(30)18-8-14(3-5-31-18)29-17-9-19(24)25-10-16(17)26-27-29/h6-7,9-11,14,18H,2-5,8H2,1H3,(H2,24,25)/t11-,14?,18?/m0/s1. The predicted molar refractivity (Wildman–Crippen MR) is 118 cm³/mol. The van der Waals surface area contributed by atoms with Gasteiger partial charge in [-0.25, -0.2) is 9.67 Å². The molecule has 1 aromatic carbocycles. The van der Waals surface area contributed by atoms with Crippen molar-refractivity contribution < 1.29 is 9.53 Å². The Kier molecular flexibility index (Phi) is 5.24. The van der Waals surface area contributed by atoms with E-state index in [4.69, 9.17) is 33.7 Å². The smallest absolute Gasteiger partial charge is 0.252 e. The zero-order valence-electron chi connectivity index (χ0n) is 17.0. The van der Waals surface area contributed by atoms with E-state index in [1.165, 1.54) is 0 Å². The first-order valence-electron chi connectivity index (χ1n) is 10.3. The summed E-state index contributed by atoms with van der Waals surface area (Å²) in [5, 5.41) is 9.68. The van der Waals surface area contributed by atoms with Crippen LogP contribution in [0.3, 0.4) is 0 Å². The molecule has 0 saturated carbocycles. The van der Waals surface area contributed by atoms with E-state index in [-0.39, 0.29) is 18.0 Å². The Labute approximate surface area is 189 Å². The van der Waals surface area contributed by atoms with Gasteiger partial charge in [0, 0.05) is 35.7 Å². The molecule has 5 rings (SSSR count). The van der Waals surface area contributed by atoms with Gasteiger partial charge in [0.15, 0.2) is 0 Å². The highest BCUT2D eigenvalue weighted by atomic mass is 35.5. The van der Waals surface area contributed by atoms with Crippen LogP contribution in [0, 0.1) is 0 Å². The van der Waals surface area contributed by atoms with Crippen LogP contribution in [0.15, 0.2) is 24.4 Å².